The van der Waals surface area contributed by atoms with Crippen LogP contribution >= 0.6 is 0 Å². The predicted molar refractivity (Wildman–Crippen MR) is 81.5 cm³/mol. The molecule has 116 valence electrons. The SMILES string of the molecule is CC(C)(C)C1CC(C(C)(C)C)C2OC3(CCCC3)OC21. The Morgan fingerprint density at radius 2 is 1.15 bits per heavy atom. The van der Waals surface area contributed by atoms with Gasteiger partial charge >= 0.3 is 0 Å². The average Bonchev–Trinajstić information content (AvgIpc) is 2.90. The Morgan fingerprint density at radius 3 is 1.50 bits per heavy atom. The minimum Gasteiger partial charge on any atom is -0.344 e. The van der Waals surface area contributed by atoms with Crippen LogP contribution in [0.1, 0.15) is 73.6 Å². The molecular formula is C18H32O2. The van der Waals surface area contributed by atoms with E-state index in [9.17, 15) is 0 Å². The van der Waals surface area contributed by atoms with Crippen molar-refractivity contribution in [1.82, 2.24) is 0 Å². The van der Waals surface area contributed by atoms with E-state index >= 15 is 0 Å². The molecule has 4 atom stereocenters. The van der Waals surface area contributed by atoms with Crippen molar-refractivity contribution in [2.45, 2.75) is 91.6 Å². The highest BCUT2D eigenvalue weighted by molar-refractivity contribution is 5.06. The zero-order valence-corrected chi connectivity index (χ0v) is 14.2. The number of fused-ring (bicyclic) bond motifs is 1. The van der Waals surface area contributed by atoms with Gasteiger partial charge in [0.15, 0.2) is 5.79 Å². The molecule has 0 N–H and O–H groups in total. The van der Waals surface area contributed by atoms with Gasteiger partial charge in [-0.15, -0.1) is 0 Å². The molecule has 1 spiro atoms. The lowest BCUT2D eigenvalue weighted by Gasteiger charge is -2.35. The molecular weight excluding hydrogens is 248 g/mol. The molecule has 2 nitrogen and oxygen atoms in total. The van der Waals surface area contributed by atoms with Crippen LogP contribution in [0.3, 0.4) is 0 Å². The molecule has 1 saturated heterocycles. The van der Waals surface area contributed by atoms with Gasteiger partial charge in [0.1, 0.15) is 0 Å². The molecule has 1 heterocycles. The van der Waals surface area contributed by atoms with Gasteiger partial charge in [0.05, 0.1) is 12.2 Å². The van der Waals surface area contributed by atoms with E-state index in [0.29, 0.717) is 34.9 Å². The summed E-state index contributed by atoms with van der Waals surface area (Å²) in [6.07, 6.45) is 6.62. The molecule has 2 aliphatic carbocycles. The number of ether oxygens (including phenoxy) is 2. The van der Waals surface area contributed by atoms with Crippen molar-refractivity contribution in [3.63, 3.8) is 0 Å². The van der Waals surface area contributed by atoms with E-state index < -0.39 is 0 Å². The maximum atomic E-state index is 6.58. The first kappa shape index (κ1) is 14.8. The van der Waals surface area contributed by atoms with E-state index in [1.807, 2.05) is 0 Å². The van der Waals surface area contributed by atoms with Crippen LogP contribution in [-0.4, -0.2) is 18.0 Å². The van der Waals surface area contributed by atoms with Gasteiger partial charge in [-0.2, -0.15) is 0 Å². The van der Waals surface area contributed by atoms with Gasteiger partial charge in [0, 0.05) is 12.8 Å². The monoisotopic (exact) mass is 280 g/mol. The van der Waals surface area contributed by atoms with Crippen LogP contribution in [0.25, 0.3) is 0 Å². The summed E-state index contributed by atoms with van der Waals surface area (Å²) in [5, 5.41) is 0. The maximum Gasteiger partial charge on any atom is 0.169 e. The van der Waals surface area contributed by atoms with Crippen LogP contribution in [0.15, 0.2) is 0 Å². The van der Waals surface area contributed by atoms with Crippen molar-refractivity contribution >= 4 is 0 Å². The molecule has 0 aromatic heterocycles. The van der Waals surface area contributed by atoms with Gasteiger partial charge < -0.3 is 9.47 Å². The fraction of sp³-hybridized carbons (Fsp3) is 1.00. The van der Waals surface area contributed by atoms with E-state index in [0.717, 1.165) is 12.8 Å². The van der Waals surface area contributed by atoms with Gasteiger partial charge in [0.2, 0.25) is 0 Å². The molecule has 4 unspecified atom stereocenters. The smallest absolute Gasteiger partial charge is 0.169 e. The Bertz CT molecular complexity index is 338. The largest absolute Gasteiger partial charge is 0.344 e. The fourth-order valence-electron chi connectivity index (χ4n) is 4.66. The van der Waals surface area contributed by atoms with E-state index in [-0.39, 0.29) is 5.79 Å². The van der Waals surface area contributed by atoms with Gasteiger partial charge in [-0.1, -0.05) is 41.5 Å². The van der Waals surface area contributed by atoms with Gasteiger partial charge in [-0.05, 0) is 41.9 Å². The summed E-state index contributed by atoms with van der Waals surface area (Å²) in [5.74, 6) is 1.02. The highest BCUT2D eigenvalue weighted by Crippen LogP contribution is 2.57. The molecule has 0 radical (unpaired) electrons. The molecule has 3 fully saturated rings. The third-order valence-electron chi connectivity index (χ3n) is 5.92. The molecule has 0 bridgehead atoms. The number of hydrogen-bond donors (Lipinski definition) is 0. The first-order valence-electron chi connectivity index (χ1n) is 8.48. The van der Waals surface area contributed by atoms with Crippen LogP contribution in [0.5, 0.6) is 0 Å². The Labute approximate surface area is 124 Å². The van der Waals surface area contributed by atoms with Crippen molar-refractivity contribution in [3.8, 4) is 0 Å². The summed E-state index contributed by atoms with van der Waals surface area (Å²) in [4.78, 5) is 0. The fourth-order valence-corrected chi connectivity index (χ4v) is 4.66. The summed E-state index contributed by atoms with van der Waals surface area (Å²) in [5.41, 5.74) is 0.604. The summed E-state index contributed by atoms with van der Waals surface area (Å²) >= 11 is 0. The number of hydrogen-bond acceptors (Lipinski definition) is 2. The van der Waals surface area contributed by atoms with Gasteiger partial charge in [0.25, 0.3) is 0 Å². The minimum absolute atomic E-state index is 0.219. The van der Waals surface area contributed by atoms with Crippen molar-refractivity contribution in [2.75, 3.05) is 0 Å². The Morgan fingerprint density at radius 1 is 0.750 bits per heavy atom. The molecule has 2 heteroatoms. The van der Waals surface area contributed by atoms with Crippen molar-refractivity contribution in [3.05, 3.63) is 0 Å². The molecule has 0 aromatic carbocycles. The third kappa shape index (κ3) is 2.33. The summed E-state index contributed by atoms with van der Waals surface area (Å²) in [6.45, 7) is 14.2. The molecule has 2 saturated carbocycles. The lowest BCUT2D eigenvalue weighted by atomic mass is 9.74. The third-order valence-corrected chi connectivity index (χ3v) is 5.92. The average molecular weight is 280 g/mol. The van der Waals surface area contributed by atoms with Crippen LogP contribution < -0.4 is 0 Å². The number of rotatable bonds is 0. The van der Waals surface area contributed by atoms with Crippen molar-refractivity contribution in [1.29, 1.82) is 0 Å². The Kier molecular flexibility index (Phi) is 3.31. The Hall–Kier alpha value is -0.0800. The zero-order chi connectivity index (χ0) is 14.8. The standard InChI is InChI=1S/C18H32O2/c1-16(2,3)12-11-13(17(4,5)6)15-14(12)19-18(20-15)9-7-8-10-18/h12-15H,7-11H2,1-6H3. The lowest BCUT2D eigenvalue weighted by molar-refractivity contribution is -0.190. The second kappa shape index (κ2) is 4.46. The first-order valence-corrected chi connectivity index (χ1v) is 8.48. The quantitative estimate of drug-likeness (QED) is 0.636. The zero-order valence-electron chi connectivity index (χ0n) is 14.2. The van der Waals surface area contributed by atoms with Crippen LogP contribution in [-0.2, 0) is 9.47 Å². The summed E-state index contributed by atoms with van der Waals surface area (Å²) < 4.78 is 13.2. The summed E-state index contributed by atoms with van der Waals surface area (Å²) in [6, 6.07) is 0. The van der Waals surface area contributed by atoms with E-state index in [4.69, 9.17) is 9.47 Å². The molecule has 3 aliphatic rings. The predicted octanol–water partition coefficient (Wildman–Crippen LogP) is 4.77. The second-order valence-corrected chi connectivity index (χ2v) is 9.46. The van der Waals surface area contributed by atoms with Crippen LogP contribution in [0.2, 0.25) is 0 Å². The van der Waals surface area contributed by atoms with E-state index in [2.05, 4.69) is 41.5 Å². The van der Waals surface area contributed by atoms with Crippen LogP contribution in [0, 0.1) is 22.7 Å². The molecule has 20 heavy (non-hydrogen) atoms. The first-order chi connectivity index (χ1) is 9.12. The highest BCUT2D eigenvalue weighted by atomic mass is 16.8. The maximum absolute atomic E-state index is 6.58. The minimum atomic E-state index is -0.219. The topological polar surface area (TPSA) is 18.5 Å². The molecule has 1 aliphatic heterocycles. The Balaban J connectivity index is 1.89. The van der Waals surface area contributed by atoms with Gasteiger partial charge in [-0.25, -0.2) is 0 Å². The molecule has 3 rings (SSSR count). The van der Waals surface area contributed by atoms with E-state index in [1.54, 1.807) is 0 Å². The summed E-state index contributed by atoms with van der Waals surface area (Å²) in [7, 11) is 0. The molecule has 0 aromatic rings. The normalized spacial score (nSPS) is 40.5. The molecule has 0 amide bonds. The van der Waals surface area contributed by atoms with E-state index in [1.165, 1.54) is 19.3 Å². The van der Waals surface area contributed by atoms with Crippen LogP contribution in [0.4, 0.5) is 0 Å². The highest BCUT2D eigenvalue weighted by Gasteiger charge is 2.61. The lowest BCUT2D eigenvalue weighted by Crippen LogP contribution is -2.34. The second-order valence-electron chi connectivity index (χ2n) is 9.46. The van der Waals surface area contributed by atoms with Gasteiger partial charge in [-0.3, -0.25) is 0 Å². The van der Waals surface area contributed by atoms with Crippen molar-refractivity contribution in [2.24, 2.45) is 22.7 Å². The van der Waals surface area contributed by atoms with Crippen molar-refractivity contribution < 1.29 is 9.47 Å².